The standard InChI is InChI=1S/C14H19N3O4/c1-3-21-14(18)11-4-5-12(13(8-11)17(19)20)16-7-6-15-10(2)9-16/h4-5,8,10,15H,3,6-7,9H2,1-2H3/t10-/m1/s1. The summed E-state index contributed by atoms with van der Waals surface area (Å²) >= 11 is 0. The molecule has 1 N–H and O–H groups in total. The lowest BCUT2D eigenvalue weighted by molar-refractivity contribution is -0.384. The van der Waals surface area contributed by atoms with Crippen LogP contribution >= 0.6 is 0 Å². The average molecular weight is 293 g/mol. The second-order valence-corrected chi connectivity index (χ2v) is 4.98. The van der Waals surface area contributed by atoms with Crippen LogP contribution in [0.5, 0.6) is 0 Å². The Balaban J connectivity index is 2.33. The highest BCUT2D eigenvalue weighted by Crippen LogP contribution is 2.30. The lowest BCUT2D eigenvalue weighted by atomic mass is 10.1. The number of hydrogen-bond acceptors (Lipinski definition) is 6. The van der Waals surface area contributed by atoms with Gasteiger partial charge in [0.1, 0.15) is 5.69 Å². The van der Waals surface area contributed by atoms with Crippen LogP contribution in [-0.2, 0) is 4.74 Å². The maximum Gasteiger partial charge on any atom is 0.338 e. The highest BCUT2D eigenvalue weighted by atomic mass is 16.6. The molecule has 0 amide bonds. The van der Waals surface area contributed by atoms with Crippen molar-refractivity contribution >= 4 is 17.3 Å². The number of anilines is 1. The largest absolute Gasteiger partial charge is 0.462 e. The van der Waals surface area contributed by atoms with E-state index in [1.54, 1.807) is 19.1 Å². The predicted molar refractivity (Wildman–Crippen MR) is 78.7 cm³/mol. The van der Waals surface area contributed by atoms with E-state index in [2.05, 4.69) is 5.32 Å². The van der Waals surface area contributed by atoms with Gasteiger partial charge >= 0.3 is 5.97 Å². The number of esters is 1. The lowest BCUT2D eigenvalue weighted by Gasteiger charge is -2.33. The quantitative estimate of drug-likeness (QED) is 0.515. The lowest BCUT2D eigenvalue weighted by Crippen LogP contribution is -2.49. The molecule has 1 aromatic rings. The summed E-state index contributed by atoms with van der Waals surface area (Å²) in [5.74, 6) is -0.541. The number of carbonyl (C=O) groups excluding carboxylic acids is 1. The Kier molecular flexibility index (Phi) is 4.74. The van der Waals surface area contributed by atoms with Crippen molar-refractivity contribution in [1.29, 1.82) is 0 Å². The van der Waals surface area contributed by atoms with E-state index >= 15 is 0 Å². The van der Waals surface area contributed by atoms with Crippen LogP contribution in [-0.4, -0.2) is 43.2 Å². The summed E-state index contributed by atoms with van der Waals surface area (Å²) in [6.07, 6.45) is 0. The van der Waals surface area contributed by atoms with Crippen LogP contribution in [0.2, 0.25) is 0 Å². The highest BCUT2D eigenvalue weighted by Gasteiger charge is 2.25. The van der Waals surface area contributed by atoms with Crippen molar-refractivity contribution in [3.63, 3.8) is 0 Å². The zero-order valence-electron chi connectivity index (χ0n) is 12.2. The molecule has 1 aliphatic rings. The number of hydrogen-bond donors (Lipinski definition) is 1. The molecule has 0 bridgehead atoms. The topological polar surface area (TPSA) is 84.7 Å². The molecule has 2 rings (SSSR count). The van der Waals surface area contributed by atoms with Crippen LogP contribution < -0.4 is 10.2 Å². The number of benzene rings is 1. The minimum Gasteiger partial charge on any atom is -0.462 e. The molecule has 7 heteroatoms. The number of nitrogens with zero attached hydrogens (tertiary/aromatic N) is 2. The van der Waals surface area contributed by atoms with Gasteiger partial charge in [0, 0.05) is 31.7 Å². The summed E-state index contributed by atoms with van der Waals surface area (Å²) in [5, 5.41) is 14.6. The molecule has 7 nitrogen and oxygen atoms in total. The Morgan fingerprint density at radius 2 is 2.33 bits per heavy atom. The molecular weight excluding hydrogens is 274 g/mol. The number of nitro benzene ring substituents is 1. The molecule has 114 valence electrons. The van der Waals surface area contributed by atoms with Gasteiger partial charge < -0.3 is 15.0 Å². The highest BCUT2D eigenvalue weighted by molar-refractivity contribution is 5.91. The maximum atomic E-state index is 11.7. The SMILES string of the molecule is CCOC(=O)c1ccc(N2CCN[C@H](C)C2)c([N+](=O)[O-])c1. The Bertz CT molecular complexity index is 547. The van der Waals surface area contributed by atoms with Gasteiger partial charge in [0.05, 0.1) is 17.1 Å². The number of ether oxygens (including phenoxy) is 1. The molecule has 1 saturated heterocycles. The van der Waals surface area contributed by atoms with Gasteiger partial charge in [-0.05, 0) is 26.0 Å². The van der Waals surface area contributed by atoms with Crippen LogP contribution in [0.1, 0.15) is 24.2 Å². The van der Waals surface area contributed by atoms with Gasteiger partial charge in [-0.3, -0.25) is 10.1 Å². The predicted octanol–water partition coefficient (Wildman–Crippen LogP) is 1.57. The molecule has 0 unspecified atom stereocenters. The average Bonchev–Trinajstić information content (AvgIpc) is 2.46. The van der Waals surface area contributed by atoms with Crippen molar-refractivity contribution < 1.29 is 14.5 Å². The summed E-state index contributed by atoms with van der Waals surface area (Å²) < 4.78 is 4.88. The molecule has 21 heavy (non-hydrogen) atoms. The van der Waals surface area contributed by atoms with Crippen molar-refractivity contribution in [3.8, 4) is 0 Å². The van der Waals surface area contributed by atoms with E-state index in [0.717, 1.165) is 6.54 Å². The van der Waals surface area contributed by atoms with E-state index in [0.29, 0.717) is 18.8 Å². The van der Waals surface area contributed by atoms with Crippen LogP contribution in [0.3, 0.4) is 0 Å². The molecule has 0 radical (unpaired) electrons. The fourth-order valence-electron chi connectivity index (χ4n) is 2.43. The van der Waals surface area contributed by atoms with Gasteiger partial charge in [0.2, 0.25) is 0 Å². The van der Waals surface area contributed by atoms with E-state index in [1.165, 1.54) is 6.07 Å². The monoisotopic (exact) mass is 293 g/mol. The zero-order valence-corrected chi connectivity index (χ0v) is 12.2. The van der Waals surface area contributed by atoms with E-state index < -0.39 is 10.9 Å². The van der Waals surface area contributed by atoms with Gasteiger partial charge in [-0.25, -0.2) is 4.79 Å². The van der Waals surface area contributed by atoms with Crippen molar-refractivity contribution in [2.75, 3.05) is 31.1 Å². The third kappa shape index (κ3) is 3.49. The van der Waals surface area contributed by atoms with Crippen LogP contribution in [0.25, 0.3) is 0 Å². The number of carbonyl (C=O) groups is 1. The number of rotatable bonds is 4. The van der Waals surface area contributed by atoms with E-state index in [-0.39, 0.29) is 23.9 Å². The minimum absolute atomic E-state index is 0.0605. The fraction of sp³-hybridized carbons (Fsp3) is 0.500. The molecule has 0 aromatic heterocycles. The first-order valence-electron chi connectivity index (χ1n) is 6.96. The van der Waals surface area contributed by atoms with E-state index in [1.807, 2.05) is 11.8 Å². The molecule has 1 fully saturated rings. The smallest absolute Gasteiger partial charge is 0.338 e. The van der Waals surface area contributed by atoms with Crippen LogP contribution in [0, 0.1) is 10.1 Å². The van der Waals surface area contributed by atoms with E-state index in [9.17, 15) is 14.9 Å². The minimum atomic E-state index is -0.541. The summed E-state index contributed by atoms with van der Waals surface area (Å²) in [5.41, 5.74) is 0.687. The van der Waals surface area contributed by atoms with Crippen molar-refractivity contribution in [3.05, 3.63) is 33.9 Å². The first kappa shape index (κ1) is 15.2. The summed E-state index contributed by atoms with van der Waals surface area (Å²) in [6, 6.07) is 4.76. The molecule has 1 aliphatic heterocycles. The number of nitro groups is 1. The van der Waals surface area contributed by atoms with Crippen LogP contribution in [0.4, 0.5) is 11.4 Å². The molecule has 0 aliphatic carbocycles. The van der Waals surface area contributed by atoms with Crippen molar-refractivity contribution in [2.24, 2.45) is 0 Å². The molecule has 1 aromatic carbocycles. The summed E-state index contributed by atoms with van der Waals surface area (Å²) in [7, 11) is 0. The van der Waals surface area contributed by atoms with Gasteiger partial charge in [-0.2, -0.15) is 0 Å². The fourth-order valence-corrected chi connectivity index (χ4v) is 2.43. The Morgan fingerprint density at radius 1 is 1.57 bits per heavy atom. The first-order chi connectivity index (χ1) is 10.0. The number of nitrogens with one attached hydrogen (secondary N) is 1. The molecule has 1 heterocycles. The third-order valence-electron chi connectivity index (χ3n) is 3.39. The van der Waals surface area contributed by atoms with Gasteiger partial charge in [0.25, 0.3) is 5.69 Å². The normalized spacial score (nSPS) is 18.4. The summed E-state index contributed by atoms with van der Waals surface area (Å²) in [4.78, 5) is 24.5. The van der Waals surface area contributed by atoms with Gasteiger partial charge in [0.15, 0.2) is 0 Å². The molecule has 1 atom stereocenters. The summed E-state index contributed by atoms with van der Waals surface area (Å²) in [6.45, 7) is 6.14. The Morgan fingerprint density at radius 3 is 2.95 bits per heavy atom. The van der Waals surface area contributed by atoms with Gasteiger partial charge in [-0.15, -0.1) is 0 Å². The van der Waals surface area contributed by atoms with Crippen LogP contribution in [0.15, 0.2) is 18.2 Å². The Hall–Kier alpha value is -2.15. The van der Waals surface area contributed by atoms with Crippen molar-refractivity contribution in [2.45, 2.75) is 19.9 Å². The maximum absolute atomic E-state index is 11.7. The first-order valence-corrected chi connectivity index (χ1v) is 6.96. The van der Waals surface area contributed by atoms with Crippen molar-refractivity contribution in [1.82, 2.24) is 5.32 Å². The molecule has 0 saturated carbocycles. The molecular formula is C14H19N3O4. The Labute approximate surface area is 123 Å². The number of piperazine rings is 1. The zero-order chi connectivity index (χ0) is 15.4. The second kappa shape index (κ2) is 6.53. The third-order valence-corrected chi connectivity index (χ3v) is 3.39. The van der Waals surface area contributed by atoms with Gasteiger partial charge in [-0.1, -0.05) is 0 Å². The van der Waals surface area contributed by atoms with E-state index in [4.69, 9.17) is 4.74 Å². The molecule has 0 spiro atoms. The second-order valence-electron chi connectivity index (χ2n) is 4.98.